The van der Waals surface area contributed by atoms with Crippen LogP contribution in [0.3, 0.4) is 0 Å². The third kappa shape index (κ3) is 4.21. The summed E-state index contributed by atoms with van der Waals surface area (Å²) in [6.45, 7) is 1.05. The molecule has 1 N–H and O–H groups in total. The molecule has 5 rings (SSSR count). The van der Waals surface area contributed by atoms with Crippen LogP contribution in [0.4, 0.5) is 4.79 Å². The number of nitrogens with one attached hydrogen (secondary N) is 1. The molecule has 3 amide bonds. The van der Waals surface area contributed by atoms with Gasteiger partial charge in [0.15, 0.2) is 23.0 Å². The lowest BCUT2D eigenvalue weighted by atomic mass is 10.1. The van der Waals surface area contributed by atoms with Gasteiger partial charge in [0.1, 0.15) is 13.2 Å². The van der Waals surface area contributed by atoms with E-state index in [1.54, 1.807) is 36.4 Å². The number of imide groups is 1. The molecule has 3 aliphatic heterocycles. The van der Waals surface area contributed by atoms with Crippen molar-refractivity contribution in [3.05, 3.63) is 46.4 Å². The van der Waals surface area contributed by atoms with E-state index >= 15 is 0 Å². The highest BCUT2D eigenvalue weighted by atomic mass is 32.2. The molecule has 0 aromatic heterocycles. The minimum atomic E-state index is -0.414. The molecule has 2 aromatic carbocycles. The van der Waals surface area contributed by atoms with Crippen molar-refractivity contribution in [1.29, 1.82) is 0 Å². The van der Waals surface area contributed by atoms with Crippen molar-refractivity contribution in [2.75, 3.05) is 40.2 Å². The van der Waals surface area contributed by atoms with Gasteiger partial charge in [-0.05, 0) is 47.7 Å². The van der Waals surface area contributed by atoms with Crippen LogP contribution in [0.25, 0.3) is 6.08 Å². The Morgan fingerprint density at radius 1 is 1.09 bits per heavy atom. The maximum atomic E-state index is 12.7. The number of thioether (sulfide) groups is 1. The summed E-state index contributed by atoms with van der Waals surface area (Å²) in [5, 5.41) is 2.33. The SMILES string of the molecule is COc1cc(C(=O)NCCN2C(=O)S/C(=C/c3ccc4c(c3)OCO4)C2=O)cc2c1OCCO2. The van der Waals surface area contributed by atoms with Crippen molar-refractivity contribution in [3.8, 4) is 28.7 Å². The minimum Gasteiger partial charge on any atom is -0.493 e. The average Bonchev–Trinajstić information content (AvgIpc) is 3.42. The molecule has 1 fully saturated rings. The number of ether oxygens (including phenoxy) is 5. The number of hydrogen-bond acceptors (Lipinski definition) is 9. The van der Waals surface area contributed by atoms with Gasteiger partial charge >= 0.3 is 0 Å². The average molecular weight is 484 g/mol. The highest BCUT2D eigenvalue weighted by Gasteiger charge is 2.35. The zero-order chi connectivity index (χ0) is 23.7. The molecule has 0 saturated carbocycles. The van der Waals surface area contributed by atoms with E-state index in [0.717, 1.165) is 22.2 Å². The number of carbonyl (C=O) groups excluding carboxylic acids is 3. The minimum absolute atomic E-state index is 0.0383. The molecule has 11 heteroatoms. The van der Waals surface area contributed by atoms with Crippen LogP contribution < -0.4 is 29.0 Å². The predicted octanol–water partition coefficient (Wildman–Crippen LogP) is 2.66. The van der Waals surface area contributed by atoms with E-state index in [1.165, 1.54) is 7.11 Å². The van der Waals surface area contributed by atoms with E-state index in [4.69, 9.17) is 23.7 Å². The maximum absolute atomic E-state index is 12.7. The fourth-order valence-electron chi connectivity index (χ4n) is 3.63. The topological polar surface area (TPSA) is 113 Å². The summed E-state index contributed by atoms with van der Waals surface area (Å²) in [5.41, 5.74) is 1.04. The second-order valence-electron chi connectivity index (χ2n) is 7.40. The zero-order valence-electron chi connectivity index (χ0n) is 18.1. The van der Waals surface area contributed by atoms with Gasteiger partial charge in [0.05, 0.1) is 12.0 Å². The molecule has 0 unspecified atom stereocenters. The lowest BCUT2D eigenvalue weighted by Gasteiger charge is -2.21. The standard InChI is InChI=1S/C23H20N2O8S/c1-29-17-10-14(11-18-20(17)31-7-6-30-18)21(26)24-4-5-25-22(27)19(34-23(25)28)9-13-2-3-15-16(8-13)33-12-32-15/h2-3,8-11H,4-7,12H2,1H3,(H,24,26)/b19-9+. The van der Waals surface area contributed by atoms with Crippen LogP contribution in [0.5, 0.6) is 28.7 Å². The fourth-order valence-corrected chi connectivity index (χ4v) is 4.50. The largest absolute Gasteiger partial charge is 0.493 e. The van der Waals surface area contributed by atoms with Crippen LogP contribution in [0, 0.1) is 0 Å². The number of nitrogens with zero attached hydrogens (tertiary/aromatic N) is 1. The van der Waals surface area contributed by atoms with Crippen molar-refractivity contribution in [3.63, 3.8) is 0 Å². The van der Waals surface area contributed by atoms with Crippen LogP contribution in [0.2, 0.25) is 0 Å². The van der Waals surface area contributed by atoms with Crippen molar-refractivity contribution >= 4 is 34.9 Å². The zero-order valence-corrected chi connectivity index (χ0v) is 18.9. The van der Waals surface area contributed by atoms with Gasteiger partial charge in [0, 0.05) is 18.7 Å². The van der Waals surface area contributed by atoms with Gasteiger partial charge in [-0.3, -0.25) is 19.3 Å². The lowest BCUT2D eigenvalue weighted by molar-refractivity contribution is -0.122. The normalized spacial score (nSPS) is 17.3. The molecule has 1 saturated heterocycles. The number of amides is 3. The first-order valence-corrected chi connectivity index (χ1v) is 11.3. The Hall–Kier alpha value is -3.86. The summed E-state index contributed by atoms with van der Waals surface area (Å²) in [4.78, 5) is 39.2. The molecular formula is C23H20N2O8S. The molecule has 3 aliphatic rings. The molecule has 0 spiro atoms. The number of methoxy groups -OCH3 is 1. The van der Waals surface area contributed by atoms with Crippen molar-refractivity contribution in [2.24, 2.45) is 0 Å². The van der Waals surface area contributed by atoms with Crippen LogP contribution in [-0.2, 0) is 4.79 Å². The van der Waals surface area contributed by atoms with Gasteiger partial charge in [-0.2, -0.15) is 0 Å². The quantitative estimate of drug-likeness (QED) is 0.619. The first-order valence-electron chi connectivity index (χ1n) is 10.4. The lowest BCUT2D eigenvalue weighted by Crippen LogP contribution is -2.37. The summed E-state index contributed by atoms with van der Waals surface area (Å²) < 4.78 is 27.0. The van der Waals surface area contributed by atoms with Gasteiger partial charge in [0.2, 0.25) is 12.5 Å². The van der Waals surface area contributed by atoms with Gasteiger partial charge in [-0.15, -0.1) is 0 Å². The van der Waals surface area contributed by atoms with Gasteiger partial charge in [0.25, 0.3) is 17.1 Å². The number of hydrogen-bond donors (Lipinski definition) is 1. The fraction of sp³-hybridized carbons (Fsp3) is 0.261. The van der Waals surface area contributed by atoms with Crippen LogP contribution >= 0.6 is 11.8 Å². The Bertz CT molecular complexity index is 1190. The molecule has 34 heavy (non-hydrogen) atoms. The first-order chi connectivity index (χ1) is 16.5. The smallest absolute Gasteiger partial charge is 0.293 e. The van der Waals surface area contributed by atoms with E-state index in [0.29, 0.717) is 52.4 Å². The number of benzene rings is 2. The van der Waals surface area contributed by atoms with E-state index in [1.807, 2.05) is 0 Å². The van der Waals surface area contributed by atoms with Crippen LogP contribution in [0.1, 0.15) is 15.9 Å². The molecular weight excluding hydrogens is 464 g/mol. The van der Waals surface area contributed by atoms with E-state index < -0.39 is 17.1 Å². The Morgan fingerprint density at radius 2 is 1.91 bits per heavy atom. The molecule has 3 heterocycles. The van der Waals surface area contributed by atoms with Crippen molar-refractivity contribution in [2.45, 2.75) is 0 Å². The molecule has 2 aromatic rings. The van der Waals surface area contributed by atoms with Crippen LogP contribution in [0.15, 0.2) is 35.2 Å². The van der Waals surface area contributed by atoms with Crippen LogP contribution in [-0.4, -0.2) is 62.2 Å². The van der Waals surface area contributed by atoms with E-state index in [2.05, 4.69) is 5.32 Å². The monoisotopic (exact) mass is 484 g/mol. The summed E-state index contributed by atoms with van der Waals surface area (Å²) in [6, 6.07) is 8.40. The Kier molecular flexibility index (Phi) is 5.93. The van der Waals surface area contributed by atoms with E-state index in [9.17, 15) is 14.4 Å². The third-order valence-electron chi connectivity index (χ3n) is 5.28. The Balaban J connectivity index is 1.21. The first kappa shape index (κ1) is 22.0. The van der Waals surface area contributed by atoms with E-state index in [-0.39, 0.29) is 19.9 Å². The molecule has 0 bridgehead atoms. The number of carbonyl (C=O) groups is 3. The highest BCUT2D eigenvalue weighted by Crippen LogP contribution is 2.40. The number of fused-ring (bicyclic) bond motifs is 2. The van der Waals surface area contributed by atoms with Crippen molar-refractivity contribution in [1.82, 2.24) is 10.2 Å². The Labute approximate surface area is 198 Å². The van der Waals surface area contributed by atoms with Gasteiger partial charge < -0.3 is 29.0 Å². The van der Waals surface area contributed by atoms with Gasteiger partial charge in [-0.1, -0.05) is 6.07 Å². The third-order valence-corrected chi connectivity index (χ3v) is 6.19. The molecule has 0 aliphatic carbocycles. The predicted molar refractivity (Wildman–Crippen MR) is 122 cm³/mol. The molecule has 0 radical (unpaired) electrons. The molecule has 0 atom stereocenters. The Morgan fingerprint density at radius 3 is 2.76 bits per heavy atom. The highest BCUT2D eigenvalue weighted by molar-refractivity contribution is 8.18. The molecule has 176 valence electrons. The maximum Gasteiger partial charge on any atom is 0.293 e. The summed E-state index contributed by atoms with van der Waals surface area (Å²) in [7, 11) is 1.48. The van der Waals surface area contributed by atoms with Crippen molar-refractivity contribution < 1.29 is 38.1 Å². The second kappa shape index (κ2) is 9.18. The summed E-state index contributed by atoms with van der Waals surface area (Å²) >= 11 is 0.852. The second-order valence-corrected chi connectivity index (χ2v) is 8.40. The summed E-state index contributed by atoms with van der Waals surface area (Å²) in [6.07, 6.45) is 1.63. The molecule has 10 nitrogen and oxygen atoms in total. The van der Waals surface area contributed by atoms with Gasteiger partial charge in [-0.25, -0.2) is 0 Å². The summed E-state index contributed by atoms with van der Waals surface area (Å²) in [5.74, 6) is 1.69. The number of rotatable bonds is 6.